The second kappa shape index (κ2) is 27.8. The topological polar surface area (TPSA) is 47.6 Å². The molecule has 0 rings (SSSR count). The van der Waals surface area contributed by atoms with E-state index < -0.39 is 0 Å². The van der Waals surface area contributed by atoms with Crippen LogP contribution in [-0.2, 0) is 0 Å². The van der Waals surface area contributed by atoms with Crippen LogP contribution in [0.1, 0.15) is 90.9 Å². The first-order chi connectivity index (χ1) is 8.83. The van der Waals surface area contributed by atoms with Gasteiger partial charge >= 0.3 is 48.9 Å². The van der Waals surface area contributed by atoms with Gasteiger partial charge in [-0.05, 0) is 0 Å². The first-order valence-corrected chi connectivity index (χ1v) is 8.12. The van der Waals surface area contributed by atoms with Gasteiger partial charge in [0.05, 0.1) is 0 Å². The third-order valence-corrected chi connectivity index (χ3v) is 3.06. The summed E-state index contributed by atoms with van der Waals surface area (Å²) in [5.74, 6) is 0. The van der Waals surface area contributed by atoms with Gasteiger partial charge in [-0.1, -0.05) is 90.9 Å². The Kier molecular flexibility index (Phi) is 37.2. The summed E-state index contributed by atoms with van der Waals surface area (Å²) in [5, 5.41) is 0. The van der Waals surface area contributed by atoms with Crippen LogP contribution in [0.2, 0.25) is 0 Å². The van der Waals surface area contributed by atoms with Crippen LogP contribution in [-0.4, -0.2) is 62.0 Å². The van der Waals surface area contributed by atoms with Crippen molar-refractivity contribution < 1.29 is 0 Å². The second-order valence-electron chi connectivity index (χ2n) is 5.04. The molecule has 3 heteroatoms. The molecule has 0 aromatic rings. The van der Waals surface area contributed by atoms with E-state index in [0.29, 0.717) is 13.1 Å². The molecule has 0 fully saturated rings. The summed E-state index contributed by atoms with van der Waals surface area (Å²) >= 11 is 0. The van der Waals surface area contributed by atoms with Gasteiger partial charge in [0.2, 0.25) is 0 Å². The summed E-state index contributed by atoms with van der Waals surface area (Å²) in [6.45, 7) is 5.69. The molecule has 2 N–H and O–H groups in total. The van der Waals surface area contributed by atoms with Crippen molar-refractivity contribution in [3.05, 3.63) is 11.5 Å². The van der Waals surface area contributed by atoms with Gasteiger partial charge < -0.3 is 11.5 Å². The Hall–Kier alpha value is 1.49. The Bertz CT molecular complexity index is 95.3. The predicted octanol–water partition coefficient (Wildman–Crippen LogP) is 6.42. The second-order valence-corrected chi connectivity index (χ2v) is 5.04. The third-order valence-electron chi connectivity index (χ3n) is 3.06. The molecule has 19 heavy (non-hydrogen) atoms. The molecule has 0 aliphatic carbocycles. The van der Waals surface area contributed by atoms with Crippen LogP contribution in [0, 0.1) is 0 Å². The van der Waals surface area contributed by atoms with Crippen LogP contribution < -0.4 is 0 Å². The van der Waals surface area contributed by atoms with Gasteiger partial charge in [-0.3, -0.25) is 0 Å². The van der Waals surface area contributed by atoms with Gasteiger partial charge in [0.1, 0.15) is 0 Å². The van der Waals surface area contributed by atoms with E-state index in [1.54, 1.807) is 0 Å². The van der Waals surface area contributed by atoms with E-state index in [1.165, 1.54) is 64.2 Å². The average Bonchev–Trinajstić information content (AvgIpc) is 2.39. The zero-order valence-corrected chi connectivity index (χ0v) is 18.0. The minimum absolute atomic E-state index is 0. The first kappa shape index (κ1) is 25.4. The molecule has 0 bridgehead atoms. The van der Waals surface area contributed by atoms with Crippen molar-refractivity contribution in [2.45, 2.75) is 90.9 Å². The maximum absolute atomic E-state index is 6.88. The zero-order chi connectivity index (χ0) is 13.9. The minimum atomic E-state index is 0. The smallest absolute Gasteiger partial charge is 0.677 e. The summed E-state index contributed by atoms with van der Waals surface area (Å²) in [6, 6.07) is 0. The monoisotopic (exact) mass is 394 g/mol. The molecule has 0 radical (unpaired) electrons. The Labute approximate surface area is 162 Å². The Morgan fingerprint density at radius 3 is 1.00 bits per heavy atom. The normalized spacial score (nSPS) is 9.47. The number of nitrogens with one attached hydrogen (secondary N) is 2. The van der Waals surface area contributed by atoms with Crippen LogP contribution in [0.25, 0.3) is 11.5 Å². The molecule has 0 atom stereocenters. The molecule has 0 amide bonds. The molecule has 0 unspecified atom stereocenters. The van der Waals surface area contributed by atoms with E-state index in [4.69, 9.17) is 11.5 Å². The van der Waals surface area contributed by atoms with Crippen LogP contribution in [0.5, 0.6) is 0 Å². The summed E-state index contributed by atoms with van der Waals surface area (Å²) in [6.07, 6.45) is 15.5. The third kappa shape index (κ3) is 32.8. The van der Waals surface area contributed by atoms with Gasteiger partial charge in [0, 0.05) is 0 Å². The van der Waals surface area contributed by atoms with Crippen molar-refractivity contribution in [2.24, 2.45) is 0 Å². The quantitative estimate of drug-likeness (QED) is 0.271. The van der Waals surface area contributed by atoms with E-state index in [1.807, 2.05) is 0 Å². The van der Waals surface area contributed by atoms with Crippen molar-refractivity contribution in [2.75, 3.05) is 13.1 Å². The molecule has 112 valence electrons. The number of rotatable bonds is 12. The van der Waals surface area contributed by atoms with Crippen LogP contribution in [0.4, 0.5) is 0 Å². The van der Waals surface area contributed by atoms with Crippen molar-refractivity contribution in [3.8, 4) is 0 Å². The predicted molar refractivity (Wildman–Crippen MR) is 90.9 cm³/mol. The molecule has 0 aliphatic rings. The fourth-order valence-corrected chi connectivity index (χ4v) is 1.81. The Balaban J connectivity index is -0.000000256. The van der Waals surface area contributed by atoms with Gasteiger partial charge in [-0.25, -0.2) is 0 Å². The maximum Gasteiger partial charge on any atom is 2.00 e. The van der Waals surface area contributed by atoms with Crippen LogP contribution in [0.15, 0.2) is 0 Å². The summed E-state index contributed by atoms with van der Waals surface area (Å²) < 4.78 is 0. The van der Waals surface area contributed by atoms with E-state index in [2.05, 4.69) is 13.8 Å². The van der Waals surface area contributed by atoms with Crippen molar-refractivity contribution in [1.29, 1.82) is 0 Å². The molecule has 0 aliphatic heterocycles. The number of hydrogen-bond acceptors (Lipinski definition) is 0. The number of hydrogen-bond donors (Lipinski definition) is 0. The first-order valence-electron chi connectivity index (χ1n) is 8.12. The largest absolute Gasteiger partial charge is 2.00 e. The number of unbranched alkanes of at least 4 members (excludes halogenated alkanes) is 10. The van der Waals surface area contributed by atoms with E-state index >= 15 is 0 Å². The zero-order valence-electron chi connectivity index (χ0n) is 13.6. The Morgan fingerprint density at radius 2 is 0.737 bits per heavy atom. The van der Waals surface area contributed by atoms with Gasteiger partial charge in [-0.2, -0.15) is 13.1 Å². The van der Waals surface area contributed by atoms with Crippen molar-refractivity contribution in [3.63, 3.8) is 0 Å². The molecular formula is C16H36BaN2. The SMILES string of the molecule is CCCCCCCC[NH-].CCCCCCCC[NH-].[Ba+2]. The summed E-state index contributed by atoms with van der Waals surface area (Å²) in [7, 11) is 0. The molecule has 0 aromatic carbocycles. The van der Waals surface area contributed by atoms with Crippen LogP contribution in [0.3, 0.4) is 0 Å². The molecule has 0 aromatic heterocycles. The van der Waals surface area contributed by atoms with E-state index in [-0.39, 0.29) is 48.9 Å². The van der Waals surface area contributed by atoms with Crippen molar-refractivity contribution >= 4 is 48.9 Å². The molecule has 0 heterocycles. The average molecular weight is 394 g/mol. The molecule has 0 saturated carbocycles. The fourth-order valence-electron chi connectivity index (χ4n) is 1.81. The fraction of sp³-hybridized carbons (Fsp3) is 1.00. The molecule has 0 spiro atoms. The Morgan fingerprint density at radius 1 is 0.474 bits per heavy atom. The molecule has 2 nitrogen and oxygen atoms in total. The standard InChI is InChI=1S/2C8H18N.Ba/c2*1-2-3-4-5-6-7-8-9;/h2*9H,2-8H2,1H3;/q2*-1;+2. The summed E-state index contributed by atoms with van der Waals surface area (Å²) in [4.78, 5) is 0. The molecule has 0 saturated heterocycles. The molecular weight excluding hydrogens is 358 g/mol. The van der Waals surface area contributed by atoms with Gasteiger partial charge in [0.15, 0.2) is 0 Å². The van der Waals surface area contributed by atoms with Gasteiger partial charge in [0.25, 0.3) is 0 Å². The summed E-state index contributed by atoms with van der Waals surface area (Å²) in [5.41, 5.74) is 13.8. The minimum Gasteiger partial charge on any atom is -0.677 e. The van der Waals surface area contributed by atoms with Crippen molar-refractivity contribution in [1.82, 2.24) is 0 Å². The maximum atomic E-state index is 6.88. The van der Waals surface area contributed by atoms with E-state index in [0.717, 1.165) is 12.8 Å². The van der Waals surface area contributed by atoms with E-state index in [9.17, 15) is 0 Å². The van der Waals surface area contributed by atoms with Crippen LogP contribution >= 0.6 is 0 Å². The van der Waals surface area contributed by atoms with Gasteiger partial charge in [-0.15, -0.1) is 0 Å².